The molecular formula is C19H23NO4S. The van der Waals surface area contributed by atoms with Gasteiger partial charge in [-0.1, -0.05) is 30.3 Å². The SMILES string of the molecule is COc1cc(CNC(=O)CSCc2ccccc2)cc(OC)c1OC. The summed E-state index contributed by atoms with van der Waals surface area (Å²) >= 11 is 1.59. The van der Waals surface area contributed by atoms with Crippen molar-refractivity contribution in [1.82, 2.24) is 5.32 Å². The molecule has 0 fully saturated rings. The number of carbonyl (C=O) groups excluding carboxylic acids is 1. The van der Waals surface area contributed by atoms with E-state index in [1.54, 1.807) is 33.1 Å². The predicted octanol–water partition coefficient (Wildman–Crippen LogP) is 3.26. The molecule has 0 heterocycles. The van der Waals surface area contributed by atoms with Crippen molar-refractivity contribution >= 4 is 17.7 Å². The molecule has 0 aliphatic rings. The topological polar surface area (TPSA) is 56.8 Å². The molecule has 0 spiro atoms. The molecular weight excluding hydrogens is 338 g/mol. The molecule has 0 aliphatic carbocycles. The second-order valence-electron chi connectivity index (χ2n) is 5.29. The minimum Gasteiger partial charge on any atom is -0.493 e. The molecule has 0 atom stereocenters. The van der Waals surface area contributed by atoms with Crippen LogP contribution in [0.15, 0.2) is 42.5 Å². The summed E-state index contributed by atoms with van der Waals surface area (Å²) < 4.78 is 15.9. The largest absolute Gasteiger partial charge is 0.493 e. The summed E-state index contributed by atoms with van der Waals surface area (Å²) in [6.07, 6.45) is 0. The minimum atomic E-state index is -0.00492. The zero-order chi connectivity index (χ0) is 18.1. The van der Waals surface area contributed by atoms with Gasteiger partial charge in [0.1, 0.15) is 0 Å². The van der Waals surface area contributed by atoms with E-state index in [-0.39, 0.29) is 5.91 Å². The normalized spacial score (nSPS) is 10.2. The van der Waals surface area contributed by atoms with Gasteiger partial charge >= 0.3 is 0 Å². The third-order valence-corrected chi connectivity index (χ3v) is 4.56. The Balaban J connectivity index is 1.86. The van der Waals surface area contributed by atoms with Crippen LogP contribution in [0.1, 0.15) is 11.1 Å². The molecule has 2 aromatic rings. The summed E-state index contributed by atoms with van der Waals surface area (Å²) in [6, 6.07) is 13.8. The van der Waals surface area contributed by atoms with E-state index in [1.165, 1.54) is 5.56 Å². The second-order valence-corrected chi connectivity index (χ2v) is 6.27. The number of ether oxygens (including phenoxy) is 3. The van der Waals surface area contributed by atoms with Gasteiger partial charge in [0.15, 0.2) is 11.5 Å². The third-order valence-electron chi connectivity index (χ3n) is 3.56. The molecule has 2 aromatic carbocycles. The number of hydrogen-bond donors (Lipinski definition) is 1. The monoisotopic (exact) mass is 361 g/mol. The van der Waals surface area contributed by atoms with E-state index in [0.29, 0.717) is 29.5 Å². The summed E-state index contributed by atoms with van der Waals surface area (Å²) in [4.78, 5) is 12.0. The van der Waals surface area contributed by atoms with E-state index in [2.05, 4.69) is 17.4 Å². The maximum absolute atomic E-state index is 12.0. The van der Waals surface area contributed by atoms with Gasteiger partial charge in [-0.2, -0.15) is 0 Å². The first kappa shape index (κ1) is 19.0. The average molecular weight is 361 g/mol. The lowest BCUT2D eigenvalue weighted by Crippen LogP contribution is -2.24. The maximum Gasteiger partial charge on any atom is 0.230 e. The molecule has 6 heteroatoms. The molecule has 1 amide bonds. The summed E-state index contributed by atoms with van der Waals surface area (Å²) in [5.74, 6) is 2.92. The zero-order valence-corrected chi connectivity index (χ0v) is 15.5. The standard InChI is InChI=1S/C19H23NO4S/c1-22-16-9-15(10-17(23-2)19(16)24-3)11-20-18(21)13-25-12-14-7-5-4-6-8-14/h4-10H,11-13H2,1-3H3,(H,20,21). The van der Waals surface area contributed by atoms with Crippen LogP contribution in [0.4, 0.5) is 0 Å². The zero-order valence-electron chi connectivity index (χ0n) is 14.7. The second kappa shape index (κ2) is 9.84. The van der Waals surface area contributed by atoms with Gasteiger partial charge in [0.2, 0.25) is 11.7 Å². The molecule has 134 valence electrons. The average Bonchev–Trinajstić information content (AvgIpc) is 2.66. The minimum absolute atomic E-state index is 0.00492. The fourth-order valence-corrected chi connectivity index (χ4v) is 3.14. The molecule has 0 bridgehead atoms. The van der Waals surface area contributed by atoms with E-state index >= 15 is 0 Å². The van der Waals surface area contributed by atoms with Gasteiger partial charge in [-0.15, -0.1) is 11.8 Å². The van der Waals surface area contributed by atoms with Gasteiger partial charge in [-0.25, -0.2) is 0 Å². The first-order valence-electron chi connectivity index (χ1n) is 7.85. The summed E-state index contributed by atoms with van der Waals surface area (Å²) in [5, 5.41) is 2.91. The van der Waals surface area contributed by atoms with Crippen LogP contribution >= 0.6 is 11.8 Å². The van der Waals surface area contributed by atoms with Crippen LogP contribution in [0.3, 0.4) is 0 Å². The molecule has 0 saturated heterocycles. The van der Waals surface area contributed by atoms with Crippen LogP contribution in [0.2, 0.25) is 0 Å². The molecule has 0 aliphatic heterocycles. The predicted molar refractivity (Wildman–Crippen MR) is 101 cm³/mol. The number of carbonyl (C=O) groups is 1. The van der Waals surface area contributed by atoms with Crippen molar-refractivity contribution in [3.05, 3.63) is 53.6 Å². The van der Waals surface area contributed by atoms with Crippen LogP contribution in [0, 0.1) is 0 Å². The Bertz CT molecular complexity index is 666. The van der Waals surface area contributed by atoms with Crippen molar-refractivity contribution in [2.24, 2.45) is 0 Å². The first-order chi connectivity index (χ1) is 12.2. The summed E-state index contributed by atoms with van der Waals surface area (Å²) in [7, 11) is 4.70. The van der Waals surface area contributed by atoms with Gasteiger partial charge in [0.05, 0.1) is 27.1 Å². The molecule has 0 saturated carbocycles. The number of thioether (sulfide) groups is 1. The number of rotatable bonds is 9. The summed E-state index contributed by atoms with van der Waals surface area (Å²) in [5.41, 5.74) is 2.10. The first-order valence-corrected chi connectivity index (χ1v) is 9.00. The highest BCUT2D eigenvalue weighted by Crippen LogP contribution is 2.38. The van der Waals surface area contributed by atoms with Crippen molar-refractivity contribution in [1.29, 1.82) is 0 Å². The molecule has 0 radical (unpaired) electrons. The van der Waals surface area contributed by atoms with Crippen molar-refractivity contribution < 1.29 is 19.0 Å². The number of methoxy groups -OCH3 is 3. The van der Waals surface area contributed by atoms with Gasteiger partial charge < -0.3 is 19.5 Å². The quantitative estimate of drug-likeness (QED) is 0.743. The van der Waals surface area contributed by atoms with Crippen molar-refractivity contribution in [2.45, 2.75) is 12.3 Å². The van der Waals surface area contributed by atoms with Crippen molar-refractivity contribution in [3.8, 4) is 17.2 Å². The van der Waals surface area contributed by atoms with E-state index in [0.717, 1.165) is 11.3 Å². The van der Waals surface area contributed by atoms with Crippen molar-refractivity contribution in [3.63, 3.8) is 0 Å². The third kappa shape index (κ3) is 5.60. The maximum atomic E-state index is 12.0. The van der Waals surface area contributed by atoms with Gasteiger partial charge in [-0.3, -0.25) is 4.79 Å². The Hall–Kier alpha value is -2.34. The van der Waals surface area contributed by atoms with Gasteiger partial charge in [0, 0.05) is 12.3 Å². The molecule has 25 heavy (non-hydrogen) atoms. The Morgan fingerprint density at radius 1 is 0.960 bits per heavy atom. The van der Waals surface area contributed by atoms with E-state index < -0.39 is 0 Å². The number of amides is 1. The van der Waals surface area contributed by atoms with Crippen LogP contribution in [-0.2, 0) is 17.1 Å². The molecule has 1 N–H and O–H groups in total. The van der Waals surface area contributed by atoms with Crippen LogP contribution in [-0.4, -0.2) is 33.0 Å². The van der Waals surface area contributed by atoms with Gasteiger partial charge in [-0.05, 0) is 23.3 Å². The van der Waals surface area contributed by atoms with Gasteiger partial charge in [0.25, 0.3) is 0 Å². The highest BCUT2D eigenvalue weighted by atomic mass is 32.2. The van der Waals surface area contributed by atoms with Crippen LogP contribution < -0.4 is 19.5 Å². The fraction of sp³-hybridized carbons (Fsp3) is 0.316. The smallest absolute Gasteiger partial charge is 0.230 e. The Morgan fingerprint density at radius 3 is 2.16 bits per heavy atom. The van der Waals surface area contributed by atoms with Crippen LogP contribution in [0.25, 0.3) is 0 Å². The molecule has 5 nitrogen and oxygen atoms in total. The van der Waals surface area contributed by atoms with E-state index in [1.807, 2.05) is 30.3 Å². The highest BCUT2D eigenvalue weighted by molar-refractivity contribution is 7.99. The summed E-state index contributed by atoms with van der Waals surface area (Å²) in [6.45, 7) is 0.404. The van der Waals surface area contributed by atoms with E-state index in [9.17, 15) is 4.79 Å². The molecule has 2 rings (SSSR count). The Kier molecular flexibility index (Phi) is 7.47. The fourth-order valence-electron chi connectivity index (χ4n) is 2.32. The van der Waals surface area contributed by atoms with Crippen molar-refractivity contribution in [2.75, 3.05) is 27.1 Å². The number of nitrogens with one attached hydrogen (secondary N) is 1. The lowest BCUT2D eigenvalue weighted by atomic mass is 10.2. The Labute approximate surface area is 152 Å². The lowest BCUT2D eigenvalue weighted by molar-refractivity contribution is -0.118. The molecule has 0 aromatic heterocycles. The number of benzene rings is 2. The Morgan fingerprint density at radius 2 is 1.60 bits per heavy atom. The lowest BCUT2D eigenvalue weighted by Gasteiger charge is -2.14. The van der Waals surface area contributed by atoms with Crippen LogP contribution in [0.5, 0.6) is 17.2 Å². The molecule has 0 unspecified atom stereocenters. The highest BCUT2D eigenvalue weighted by Gasteiger charge is 2.13. The van der Waals surface area contributed by atoms with E-state index in [4.69, 9.17) is 14.2 Å². The number of hydrogen-bond acceptors (Lipinski definition) is 5.